The van der Waals surface area contributed by atoms with E-state index < -0.39 is 0 Å². The van der Waals surface area contributed by atoms with Crippen LogP contribution in [0.1, 0.15) is 18.3 Å². The number of aromatic nitrogens is 3. The summed E-state index contributed by atoms with van der Waals surface area (Å²) in [5.74, 6) is 3.25. The molecule has 1 aliphatic rings. The van der Waals surface area contributed by atoms with E-state index in [1.54, 1.807) is 13.4 Å². The molecule has 0 atom stereocenters. The summed E-state index contributed by atoms with van der Waals surface area (Å²) in [6.07, 6.45) is 2.59. The molecule has 2 aromatic rings. The Morgan fingerprint density at radius 1 is 1.29 bits per heavy atom. The molecule has 2 heterocycles. The molecule has 0 saturated carbocycles. The maximum absolute atomic E-state index is 5.40. The second-order valence-electron chi connectivity index (χ2n) is 5.32. The van der Waals surface area contributed by atoms with Crippen LogP contribution in [0.5, 0.6) is 11.5 Å². The predicted molar refractivity (Wildman–Crippen MR) is 90.2 cm³/mol. The summed E-state index contributed by atoms with van der Waals surface area (Å²) in [5, 5.41) is 14.6. The minimum atomic E-state index is 0.302. The molecule has 1 aliphatic heterocycles. The summed E-state index contributed by atoms with van der Waals surface area (Å²) in [5.41, 5.74) is 1.19. The highest BCUT2D eigenvalue weighted by molar-refractivity contribution is 5.79. The van der Waals surface area contributed by atoms with Crippen molar-refractivity contribution in [3.05, 3.63) is 35.9 Å². The van der Waals surface area contributed by atoms with Crippen LogP contribution >= 0.6 is 0 Å². The SMILES string of the molecule is CCn1cnnc1CNC(=NC)NCCc1ccc2c(c1)OCO2. The van der Waals surface area contributed by atoms with Crippen molar-refractivity contribution in [2.75, 3.05) is 20.4 Å². The van der Waals surface area contributed by atoms with Crippen molar-refractivity contribution >= 4 is 5.96 Å². The van der Waals surface area contributed by atoms with Crippen LogP contribution in [-0.4, -0.2) is 41.1 Å². The van der Waals surface area contributed by atoms with Crippen LogP contribution < -0.4 is 20.1 Å². The van der Waals surface area contributed by atoms with Gasteiger partial charge in [0.15, 0.2) is 23.3 Å². The van der Waals surface area contributed by atoms with Crippen LogP contribution in [0.25, 0.3) is 0 Å². The quantitative estimate of drug-likeness (QED) is 0.605. The van der Waals surface area contributed by atoms with E-state index in [1.807, 2.05) is 16.7 Å². The van der Waals surface area contributed by atoms with Gasteiger partial charge >= 0.3 is 0 Å². The number of guanidine groups is 1. The van der Waals surface area contributed by atoms with Gasteiger partial charge < -0.3 is 24.7 Å². The first-order valence-electron chi connectivity index (χ1n) is 8.00. The molecule has 0 bridgehead atoms. The van der Waals surface area contributed by atoms with Gasteiger partial charge in [-0.1, -0.05) is 6.07 Å². The van der Waals surface area contributed by atoms with Gasteiger partial charge in [0.05, 0.1) is 6.54 Å². The van der Waals surface area contributed by atoms with Crippen molar-refractivity contribution in [3.63, 3.8) is 0 Å². The Bertz CT molecular complexity index is 712. The van der Waals surface area contributed by atoms with Gasteiger partial charge in [-0.15, -0.1) is 10.2 Å². The first-order chi connectivity index (χ1) is 11.8. The zero-order chi connectivity index (χ0) is 16.8. The highest BCUT2D eigenvalue weighted by Crippen LogP contribution is 2.32. The first kappa shape index (κ1) is 16.1. The fourth-order valence-electron chi connectivity index (χ4n) is 2.49. The third-order valence-corrected chi connectivity index (χ3v) is 3.82. The van der Waals surface area contributed by atoms with Gasteiger partial charge in [0.1, 0.15) is 6.33 Å². The molecule has 24 heavy (non-hydrogen) atoms. The van der Waals surface area contributed by atoms with E-state index in [4.69, 9.17) is 9.47 Å². The lowest BCUT2D eigenvalue weighted by Crippen LogP contribution is -2.38. The van der Waals surface area contributed by atoms with Gasteiger partial charge in [0, 0.05) is 20.1 Å². The summed E-state index contributed by atoms with van der Waals surface area (Å²) in [6, 6.07) is 6.02. The molecule has 0 spiro atoms. The maximum atomic E-state index is 5.40. The summed E-state index contributed by atoms with van der Waals surface area (Å²) in [6.45, 7) is 4.55. The minimum absolute atomic E-state index is 0.302. The Morgan fingerprint density at radius 2 is 2.17 bits per heavy atom. The molecule has 0 fully saturated rings. The lowest BCUT2D eigenvalue weighted by molar-refractivity contribution is 0.174. The number of fused-ring (bicyclic) bond motifs is 1. The lowest BCUT2D eigenvalue weighted by atomic mass is 10.1. The molecule has 0 aliphatic carbocycles. The average Bonchev–Trinajstić information content (AvgIpc) is 3.25. The molecular weight excluding hydrogens is 308 g/mol. The fraction of sp³-hybridized carbons (Fsp3) is 0.438. The normalized spacial score (nSPS) is 13.2. The van der Waals surface area contributed by atoms with Gasteiger partial charge in [-0.05, 0) is 31.0 Å². The zero-order valence-corrected chi connectivity index (χ0v) is 14.0. The number of aryl methyl sites for hydroxylation is 1. The third-order valence-electron chi connectivity index (χ3n) is 3.82. The van der Waals surface area contributed by atoms with Crippen LogP contribution in [0.2, 0.25) is 0 Å². The molecule has 128 valence electrons. The average molecular weight is 330 g/mol. The fourth-order valence-corrected chi connectivity index (χ4v) is 2.49. The van der Waals surface area contributed by atoms with E-state index in [0.717, 1.165) is 42.8 Å². The number of benzene rings is 1. The number of nitrogens with zero attached hydrogens (tertiary/aromatic N) is 4. The van der Waals surface area contributed by atoms with Gasteiger partial charge in [-0.25, -0.2) is 0 Å². The van der Waals surface area contributed by atoms with Crippen molar-refractivity contribution < 1.29 is 9.47 Å². The van der Waals surface area contributed by atoms with E-state index in [9.17, 15) is 0 Å². The summed E-state index contributed by atoms with van der Waals surface area (Å²) < 4.78 is 12.7. The highest BCUT2D eigenvalue weighted by Gasteiger charge is 2.13. The molecule has 8 heteroatoms. The number of hydrogen-bond donors (Lipinski definition) is 2. The number of ether oxygens (including phenoxy) is 2. The Balaban J connectivity index is 1.46. The van der Waals surface area contributed by atoms with Crippen molar-refractivity contribution in [3.8, 4) is 11.5 Å². The summed E-state index contributed by atoms with van der Waals surface area (Å²) in [7, 11) is 1.75. The molecule has 0 unspecified atom stereocenters. The third kappa shape index (κ3) is 3.76. The summed E-state index contributed by atoms with van der Waals surface area (Å²) in [4.78, 5) is 4.22. The first-order valence-corrected chi connectivity index (χ1v) is 8.00. The Labute approximate surface area is 140 Å². The van der Waals surface area contributed by atoms with Gasteiger partial charge in [0.25, 0.3) is 0 Å². The Morgan fingerprint density at radius 3 is 3.00 bits per heavy atom. The highest BCUT2D eigenvalue weighted by atomic mass is 16.7. The molecule has 3 rings (SSSR count). The van der Waals surface area contributed by atoms with E-state index in [1.165, 1.54) is 5.56 Å². The molecule has 0 amide bonds. The second kappa shape index (κ2) is 7.67. The van der Waals surface area contributed by atoms with Crippen molar-refractivity contribution in [2.24, 2.45) is 4.99 Å². The number of aliphatic imine (C=N–C) groups is 1. The van der Waals surface area contributed by atoms with Crippen molar-refractivity contribution in [2.45, 2.75) is 26.4 Å². The lowest BCUT2D eigenvalue weighted by Gasteiger charge is -2.12. The smallest absolute Gasteiger partial charge is 0.231 e. The zero-order valence-electron chi connectivity index (χ0n) is 14.0. The number of rotatable bonds is 6. The minimum Gasteiger partial charge on any atom is -0.454 e. The van der Waals surface area contributed by atoms with E-state index >= 15 is 0 Å². The van der Waals surface area contributed by atoms with Gasteiger partial charge in [-0.3, -0.25) is 4.99 Å². The summed E-state index contributed by atoms with van der Waals surface area (Å²) >= 11 is 0. The van der Waals surface area contributed by atoms with E-state index in [0.29, 0.717) is 13.3 Å². The van der Waals surface area contributed by atoms with Crippen LogP contribution in [0.3, 0.4) is 0 Å². The molecule has 0 saturated heterocycles. The largest absolute Gasteiger partial charge is 0.454 e. The molecule has 2 N–H and O–H groups in total. The van der Waals surface area contributed by atoms with Crippen LogP contribution in [0.4, 0.5) is 0 Å². The Kier molecular flexibility index (Phi) is 5.15. The molecular formula is C16H22N6O2. The van der Waals surface area contributed by atoms with Gasteiger partial charge in [0.2, 0.25) is 6.79 Å². The van der Waals surface area contributed by atoms with Crippen molar-refractivity contribution in [1.29, 1.82) is 0 Å². The van der Waals surface area contributed by atoms with Crippen LogP contribution in [0, 0.1) is 0 Å². The number of nitrogens with one attached hydrogen (secondary N) is 2. The molecule has 8 nitrogen and oxygen atoms in total. The van der Waals surface area contributed by atoms with Crippen LogP contribution in [0.15, 0.2) is 29.5 Å². The molecule has 0 radical (unpaired) electrons. The maximum Gasteiger partial charge on any atom is 0.231 e. The van der Waals surface area contributed by atoms with Crippen molar-refractivity contribution in [1.82, 2.24) is 25.4 Å². The standard InChI is InChI=1S/C16H22N6O2/c1-3-22-10-20-21-15(22)9-19-16(17-2)18-7-6-12-4-5-13-14(8-12)24-11-23-13/h4-5,8,10H,3,6-7,9,11H2,1-2H3,(H2,17,18,19). The molecule has 1 aromatic carbocycles. The van der Waals surface area contributed by atoms with Crippen LogP contribution in [-0.2, 0) is 19.5 Å². The monoisotopic (exact) mass is 330 g/mol. The predicted octanol–water partition coefficient (Wildman–Crippen LogP) is 0.934. The van der Waals surface area contributed by atoms with Gasteiger partial charge in [-0.2, -0.15) is 0 Å². The second-order valence-corrected chi connectivity index (χ2v) is 5.32. The Hall–Kier alpha value is -2.77. The number of hydrogen-bond acceptors (Lipinski definition) is 5. The topological polar surface area (TPSA) is 85.6 Å². The molecule has 1 aromatic heterocycles. The van der Waals surface area contributed by atoms with E-state index in [2.05, 4.69) is 38.8 Å². The van der Waals surface area contributed by atoms with E-state index in [-0.39, 0.29) is 0 Å².